The van der Waals surface area contributed by atoms with E-state index in [9.17, 15) is 4.79 Å². The Balaban J connectivity index is 0.00000147. The standard InChI is InChI=1S/C14H12BN3O.Ir/c15-13-3-1-2-12(17-13)10-4-6-11(7-5-10)18-9-8-16-14(18)19;/h1-7H,8-9H2,(H,16,19);/p-1. The van der Waals surface area contributed by atoms with Crippen LogP contribution in [0.3, 0.4) is 0 Å². The quantitative estimate of drug-likeness (QED) is 0.670. The number of pyridine rings is 1. The van der Waals surface area contributed by atoms with E-state index in [4.69, 9.17) is 7.85 Å². The van der Waals surface area contributed by atoms with E-state index < -0.39 is 0 Å². The average molecular weight is 440 g/mol. The number of urea groups is 1. The summed E-state index contributed by atoms with van der Waals surface area (Å²) in [6.07, 6.45) is 0. The Labute approximate surface area is 132 Å². The fourth-order valence-corrected chi connectivity index (χ4v) is 2.09. The fraction of sp³-hybridized carbons (Fsp3) is 0.143. The number of hydrogen-bond acceptors (Lipinski definition) is 2. The summed E-state index contributed by atoms with van der Waals surface area (Å²) >= 11 is 0. The van der Waals surface area contributed by atoms with Crippen LogP contribution in [-0.4, -0.2) is 32.0 Å². The van der Waals surface area contributed by atoms with E-state index in [0.29, 0.717) is 18.7 Å². The molecular weight excluding hydrogens is 429 g/mol. The van der Waals surface area contributed by atoms with Crippen LogP contribution in [0.1, 0.15) is 0 Å². The Morgan fingerprint density at radius 1 is 1.15 bits per heavy atom. The van der Waals surface area contributed by atoms with Crippen molar-refractivity contribution in [3.63, 3.8) is 0 Å². The molecule has 2 aromatic rings. The number of amides is 2. The van der Waals surface area contributed by atoms with E-state index in [-0.39, 0.29) is 26.1 Å². The van der Waals surface area contributed by atoms with Crippen molar-refractivity contribution in [1.29, 1.82) is 0 Å². The van der Waals surface area contributed by atoms with Crippen molar-refractivity contribution in [3.8, 4) is 11.3 Å². The van der Waals surface area contributed by atoms with Gasteiger partial charge in [0.05, 0.1) is 5.69 Å². The normalized spacial score (nSPS) is 13.8. The molecule has 6 heteroatoms. The van der Waals surface area contributed by atoms with Crippen molar-refractivity contribution < 1.29 is 24.9 Å². The van der Waals surface area contributed by atoms with Gasteiger partial charge in [-0.3, -0.25) is 9.78 Å². The molecule has 101 valence electrons. The Morgan fingerprint density at radius 2 is 1.90 bits per heavy atom. The second-order valence-electron chi connectivity index (χ2n) is 4.31. The molecule has 4 nitrogen and oxygen atoms in total. The van der Waals surface area contributed by atoms with Crippen LogP contribution in [0.4, 0.5) is 10.5 Å². The summed E-state index contributed by atoms with van der Waals surface area (Å²) in [4.78, 5) is 17.4. The SMILES string of the molecule is [B]c1cccc(-c2ccc(N3CC[N-]C3=O)cc2)n1.[Ir]. The first kappa shape index (κ1) is 14.8. The number of carbonyl (C=O) groups is 1. The van der Waals surface area contributed by atoms with Gasteiger partial charge in [0.25, 0.3) is 0 Å². The molecule has 20 heavy (non-hydrogen) atoms. The Hall–Kier alpha value is -1.65. The largest absolute Gasteiger partial charge is 0.431 e. The zero-order valence-corrected chi connectivity index (χ0v) is 13.0. The summed E-state index contributed by atoms with van der Waals surface area (Å²) < 4.78 is 0. The molecule has 0 saturated carbocycles. The minimum absolute atomic E-state index is 0. The van der Waals surface area contributed by atoms with Crippen LogP contribution in [0.2, 0.25) is 0 Å². The summed E-state index contributed by atoms with van der Waals surface area (Å²) in [7, 11) is 5.67. The Bertz CT molecular complexity index is 618. The fourth-order valence-electron chi connectivity index (χ4n) is 2.09. The van der Waals surface area contributed by atoms with Crippen molar-refractivity contribution in [2.24, 2.45) is 0 Å². The predicted octanol–water partition coefficient (Wildman–Crippen LogP) is 1.85. The number of aromatic nitrogens is 1. The molecule has 1 aliphatic heterocycles. The van der Waals surface area contributed by atoms with Crippen molar-refractivity contribution in [2.75, 3.05) is 18.0 Å². The van der Waals surface area contributed by atoms with Gasteiger partial charge in [0.2, 0.25) is 0 Å². The van der Waals surface area contributed by atoms with Gasteiger partial charge < -0.3 is 10.2 Å². The van der Waals surface area contributed by atoms with Gasteiger partial charge in [-0.25, -0.2) is 0 Å². The van der Waals surface area contributed by atoms with E-state index in [1.54, 1.807) is 11.0 Å². The van der Waals surface area contributed by atoms with E-state index in [1.165, 1.54) is 0 Å². The zero-order valence-electron chi connectivity index (χ0n) is 10.6. The number of nitrogens with zero attached hydrogens (tertiary/aromatic N) is 3. The monoisotopic (exact) mass is 441 g/mol. The summed E-state index contributed by atoms with van der Waals surface area (Å²) in [5.74, 6) is 0. The van der Waals surface area contributed by atoms with Gasteiger partial charge in [-0.2, -0.15) is 0 Å². The van der Waals surface area contributed by atoms with Gasteiger partial charge >= 0.3 is 0 Å². The van der Waals surface area contributed by atoms with Crippen molar-refractivity contribution in [3.05, 3.63) is 47.8 Å². The minimum Gasteiger partial charge on any atom is -0.431 e. The molecule has 1 aromatic carbocycles. The summed E-state index contributed by atoms with van der Waals surface area (Å²) in [6.45, 7) is 1.21. The first-order chi connectivity index (χ1) is 9.24. The minimum atomic E-state index is -0.171. The second kappa shape index (κ2) is 6.20. The molecule has 2 amide bonds. The molecular formula is C14H11BIrN3O-. The van der Waals surface area contributed by atoms with Gasteiger partial charge in [0, 0.05) is 25.7 Å². The average Bonchev–Trinajstić information content (AvgIpc) is 2.85. The van der Waals surface area contributed by atoms with Crippen LogP contribution in [0.15, 0.2) is 42.5 Å². The van der Waals surface area contributed by atoms with Gasteiger partial charge in [0.15, 0.2) is 6.03 Å². The Morgan fingerprint density at radius 3 is 2.50 bits per heavy atom. The molecule has 1 aromatic heterocycles. The maximum absolute atomic E-state index is 11.5. The van der Waals surface area contributed by atoms with Crippen LogP contribution in [0.25, 0.3) is 16.6 Å². The molecule has 0 atom stereocenters. The molecule has 1 saturated heterocycles. The van der Waals surface area contributed by atoms with E-state index in [1.807, 2.05) is 36.4 Å². The number of rotatable bonds is 2. The second-order valence-corrected chi connectivity index (χ2v) is 4.31. The van der Waals surface area contributed by atoms with E-state index in [0.717, 1.165) is 16.9 Å². The first-order valence-electron chi connectivity index (χ1n) is 6.06. The molecule has 3 radical (unpaired) electrons. The van der Waals surface area contributed by atoms with Crippen LogP contribution in [0, 0.1) is 0 Å². The van der Waals surface area contributed by atoms with Crippen LogP contribution < -0.4 is 10.5 Å². The maximum atomic E-state index is 11.5. The molecule has 1 fully saturated rings. The number of hydrogen-bond donors (Lipinski definition) is 0. The van der Waals surface area contributed by atoms with Crippen LogP contribution in [0.5, 0.6) is 0 Å². The molecule has 1 aliphatic rings. The maximum Gasteiger partial charge on any atom is 0.159 e. The van der Waals surface area contributed by atoms with Gasteiger partial charge in [-0.05, 0) is 30.4 Å². The topological polar surface area (TPSA) is 47.3 Å². The van der Waals surface area contributed by atoms with Crippen molar-refractivity contribution in [2.45, 2.75) is 0 Å². The molecule has 0 aliphatic carbocycles. The summed E-state index contributed by atoms with van der Waals surface area (Å²) in [5, 5.41) is 3.84. The third kappa shape index (κ3) is 2.92. The van der Waals surface area contributed by atoms with Crippen molar-refractivity contribution in [1.82, 2.24) is 4.98 Å². The van der Waals surface area contributed by atoms with Gasteiger partial charge in [-0.1, -0.05) is 36.4 Å². The molecule has 2 heterocycles. The Kier molecular flexibility index (Phi) is 4.58. The van der Waals surface area contributed by atoms with Gasteiger partial charge in [-0.15, -0.1) is 0 Å². The predicted molar refractivity (Wildman–Crippen MR) is 76.0 cm³/mol. The third-order valence-corrected chi connectivity index (χ3v) is 3.05. The van der Waals surface area contributed by atoms with E-state index >= 15 is 0 Å². The van der Waals surface area contributed by atoms with Crippen molar-refractivity contribution >= 4 is 25.2 Å². The molecule has 3 rings (SSSR count). The summed E-state index contributed by atoms with van der Waals surface area (Å²) in [5.41, 5.74) is 3.15. The number of benzene rings is 1. The number of carbonyl (C=O) groups excluding carboxylic acids is 1. The number of anilines is 1. The molecule has 0 bridgehead atoms. The smallest absolute Gasteiger partial charge is 0.159 e. The van der Waals surface area contributed by atoms with Gasteiger partial charge in [0.1, 0.15) is 7.85 Å². The molecule has 0 N–H and O–H groups in total. The zero-order chi connectivity index (χ0) is 13.2. The first-order valence-corrected chi connectivity index (χ1v) is 6.06. The molecule has 0 unspecified atom stereocenters. The summed E-state index contributed by atoms with van der Waals surface area (Å²) in [6, 6.07) is 13.0. The molecule has 0 spiro atoms. The van der Waals surface area contributed by atoms with E-state index in [2.05, 4.69) is 10.3 Å². The van der Waals surface area contributed by atoms with Crippen LogP contribution >= 0.6 is 0 Å². The van der Waals surface area contributed by atoms with Crippen LogP contribution in [-0.2, 0) is 20.1 Å². The third-order valence-electron chi connectivity index (χ3n) is 3.05.